The summed E-state index contributed by atoms with van der Waals surface area (Å²) in [5.74, 6) is 5.78. The first-order valence-corrected chi connectivity index (χ1v) is 6.79. The molecule has 1 aromatic rings. The van der Waals surface area contributed by atoms with Crippen LogP contribution in [0.3, 0.4) is 0 Å². The summed E-state index contributed by atoms with van der Waals surface area (Å²) in [7, 11) is 0. The Hall–Kier alpha value is -1.59. The van der Waals surface area contributed by atoms with Crippen LogP contribution in [0.2, 0.25) is 0 Å². The van der Waals surface area contributed by atoms with E-state index >= 15 is 0 Å². The van der Waals surface area contributed by atoms with E-state index in [0.29, 0.717) is 13.2 Å². The van der Waals surface area contributed by atoms with Crippen molar-refractivity contribution in [3.8, 4) is 11.8 Å². The van der Waals surface area contributed by atoms with Gasteiger partial charge in [-0.15, -0.1) is 5.92 Å². The molecule has 0 fully saturated rings. The molecule has 0 aliphatic heterocycles. The van der Waals surface area contributed by atoms with Crippen molar-refractivity contribution in [1.29, 1.82) is 0 Å². The lowest BCUT2D eigenvalue weighted by Crippen LogP contribution is -2.22. The lowest BCUT2D eigenvalue weighted by Gasteiger charge is -2.13. The van der Waals surface area contributed by atoms with Gasteiger partial charge in [0.2, 0.25) is 0 Å². The smallest absolute Gasteiger partial charge is 0.152 e. The molecule has 0 saturated heterocycles. The Bertz CT molecular complexity index is 439. The molecule has 0 heterocycles. The molecule has 0 amide bonds. The zero-order valence-electron chi connectivity index (χ0n) is 12.0. The van der Waals surface area contributed by atoms with E-state index in [1.807, 2.05) is 51.1 Å². The third-order valence-corrected chi connectivity index (χ3v) is 2.89. The third-order valence-electron chi connectivity index (χ3n) is 2.89. The molecule has 19 heavy (non-hydrogen) atoms. The Balaban J connectivity index is 2.34. The number of benzene rings is 1. The largest absolute Gasteiger partial charge is 0.376 e. The van der Waals surface area contributed by atoms with Gasteiger partial charge in [0.1, 0.15) is 0 Å². The predicted octanol–water partition coefficient (Wildman–Crippen LogP) is 3.46. The topological polar surface area (TPSA) is 26.3 Å². The summed E-state index contributed by atoms with van der Waals surface area (Å²) in [4.78, 5) is 12.0. The highest BCUT2D eigenvalue weighted by molar-refractivity contribution is 5.85. The molecule has 0 aromatic heterocycles. The summed E-state index contributed by atoms with van der Waals surface area (Å²) in [6.07, 6.45) is 0.788. The molecule has 0 aliphatic carbocycles. The number of hydrogen-bond acceptors (Lipinski definition) is 2. The van der Waals surface area contributed by atoms with Crippen molar-refractivity contribution in [2.75, 3.05) is 6.61 Å². The van der Waals surface area contributed by atoms with Crippen molar-refractivity contribution in [3.05, 3.63) is 35.9 Å². The van der Waals surface area contributed by atoms with Crippen LogP contribution >= 0.6 is 0 Å². The fourth-order valence-corrected chi connectivity index (χ4v) is 1.76. The number of hydrogen-bond donors (Lipinski definition) is 0. The fourth-order valence-electron chi connectivity index (χ4n) is 1.76. The molecule has 0 N–H and O–H groups in total. The normalized spacial score (nSPS) is 13.2. The molecular formula is C17H22O2. The molecule has 1 aromatic carbocycles. The highest BCUT2D eigenvalue weighted by atomic mass is 16.5. The number of carbonyl (C=O) groups is 1. The van der Waals surface area contributed by atoms with Gasteiger partial charge in [0.05, 0.1) is 19.1 Å². The molecule has 0 saturated carbocycles. The molecule has 0 aliphatic rings. The molecule has 0 unspecified atom stereocenters. The number of ether oxygens (including phenoxy) is 1. The van der Waals surface area contributed by atoms with Crippen LogP contribution in [0.25, 0.3) is 0 Å². The highest BCUT2D eigenvalue weighted by Crippen LogP contribution is 2.09. The maximum absolute atomic E-state index is 12.0. The summed E-state index contributed by atoms with van der Waals surface area (Å²) in [6, 6.07) is 9.97. The number of carbonyl (C=O) groups excluding carboxylic acids is 1. The lowest BCUT2D eigenvalue weighted by atomic mass is 9.96. The maximum atomic E-state index is 12.0. The van der Waals surface area contributed by atoms with Crippen LogP contribution in [0.5, 0.6) is 0 Å². The minimum absolute atomic E-state index is 0.107. The molecule has 1 rings (SSSR count). The van der Waals surface area contributed by atoms with Crippen molar-refractivity contribution in [2.45, 2.75) is 33.8 Å². The molecule has 0 bridgehead atoms. The van der Waals surface area contributed by atoms with Crippen LogP contribution in [-0.2, 0) is 16.1 Å². The first-order chi connectivity index (χ1) is 9.15. The SMILES string of the molecule is CCC#C[C@H](C)C(=O)[C@H](C)COCc1ccccc1. The van der Waals surface area contributed by atoms with E-state index in [1.165, 1.54) is 0 Å². The van der Waals surface area contributed by atoms with E-state index in [4.69, 9.17) is 4.74 Å². The second-order valence-corrected chi connectivity index (χ2v) is 4.70. The van der Waals surface area contributed by atoms with Gasteiger partial charge < -0.3 is 4.74 Å². The molecule has 102 valence electrons. The second-order valence-electron chi connectivity index (χ2n) is 4.70. The van der Waals surface area contributed by atoms with E-state index in [9.17, 15) is 4.79 Å². The number of ketones is 1. The second kappa shape index (κ2) is 8.50. The quantitative estimate of drug-likeness (QED) is 0.730. The predicted molar refractivity (Wildman–Crippen MR) is 77.5 cm³/mol. The van der Waals surface area contributed by atoms with Crippen molar-refractivity contribution >= 4 is 5.78 Å². The molecule has 0 radical (unpaired) electrons. The summed E-state index contributed by atoms with van der Waals surface area (Å²) < 4.78 is 5.59. The Morgan fingerprint density at radius 2 is 1.95 bits per heavy atom. The zero-order chi connectivity index (χ0) is 14.1. The number of Topliss-reactive ketones (excluding diaryl/α,β-unsaturated/α-hetero) is 1. The van der Waals surface area contributed by atoms with E-state index < -0.39 is 0 Å². The van der Waals surface area contributed by atoms with Crippen LogP contribution < -0.4 is 0 Å². The van der Waals surface area contributed by atoms with Crippen LogP contribution in [0, 0.1) is 23.7 Å². The summed E-state index contributed by atoms with van der Waals surface area (Å²) in [5.41, 5.74) is 1.13. The van der Waals surface area contributed by atoms with Crippen molar-refractivity contribution in [3.63, 3.8) is 0 Å². The van der Waals surface area contributed by atoms with Gasteiger partial charge in [0.15, 0.2) is 5.78 Å². The van der Waals surface area contributed by atoms with Crippen LogP contribution in [0.4, 0.5) is 0 Å². The Kier molecular flexibility index (Phi) is 6.92. The molecule has 2 nitrogen and oxygen atoms in total. The third kappa shape index (κ3) is 5.72. The van der Waals surface area contributed by atoms with Gasteiger partial charge in [-0.25, -0.2) is 0 Å². The van der Waals surface area contributed by atoms with Crippen LogP contribution in [0.1, 0.15) is 32.8 Å². The zero-order valence-corrected chi connectivity index (χ0v) is 12.0. The summed E-state index contributed by atoms with van der Waals surface area (Å²) in [6.45, 7) is 6.74. The van der Waals surface area contributed by atoms with E-state index in [0.717, 1.165) is 12.0 Å². The first-order valence-electron chi connectivity index (χ1n) is 6.79. The minimum Gasteiger partial charge on any atom is -0.376 e. The Morgan fingerprint density at radius 1 is 1.26 bits per heavy atom. The van der Waals surface area contributed by atoms with Crippen molar-refractivity contribution in [2.24, 2.45) is 11.8 Å². The highest BCUT2D eigenvalue weighted by Gasteiger charge is 2.18. The van der Waals surface area contributed by atoms with Gasteiger partial charge in [-0.1, -0.05) is 50.1 Å². The van der Waals surface area contributed by atoms with Crippen LogP contribution in [-0.4, -0.2) is 12.4 Å². The van der Waals surface area contributed by atoms with Gasteiger partial charge in [-0.05, 0) is 12.5 Å². The minimum atomic E-state index is -0.199. The van der Waals surface area contributed by atoms with Crippen molar-refractivity contribution in [1.82, 2.24) is 0 Å². The molecule has 0 spiro atoms. The Labute approximate surface area is 116 Å². The van der Waals surface area contributed by atoms with Gasteiger partial charge in [-0.3, -0.25) is 4.79 Å². The standard InChI is InChI=1S/C17H22O2/c1-4-5-9-14(2)17(18)15(3)12-19-13-16-10-7-6-8-11-16/h6-8,10-11,14-15H,4,12-13H2,1-3H3/t14-,15+/m0/s1. The molecule has 2 heteroatoms. The first kappa shape index (κ1) is 15.5. The lowest BCUT2D eigenvalue weighted by molar-refractivity contribution is -0.126. The van der Waals surface area contributed by atoms with Crippen LogP contribution in [0.15, 0.2) is 30.3 Å². The van der Waals surface area contributed by atoms with E-state index in [-0.39, 0.29) is 17.6 Å². The van der Waals surface area contributed by atoms with Gasteiger partial charge in [0.25, 0.3) is 0 Å². The average Bonchev–Trinajstić information content (AvgIpc) is 2.44. The van der Waals surface area contributed by atoms with Crippen molar-refractivity contribution < 1.29 is 9.53 Å². The summed E-state index contributed by atoms with van der Waals surface area (Å²) in [5, 5.41) is 0. The fraction of sp³-hybridized carbons (Fsp3) is 0.471. The van der Waals surface area contributed by atoms with E-state index in [2.05, 4.69) is 11.8 Å². The number of rotatable bonds is 6. The average molecular weight is 258 g/mol. The monoisotopic (exact) mass is 258 g/mol. The van der Waals surface area contributed by atoms with Gasteiger partial charge in [0, 0.05) is 12.3 Å². The Morgan fingerprint density at radius 3 is 2.58 bits per heavy atom. The molecule has 2 atom stereocenters. The van der Waals surface area contributed by atoms with E-state index in [1.54, 1.807) is 0 Å². The summed E-state index contributed by atoms with van der Waals surface area (Å²) >= 11 is 0. The van der Waals surface area contributed by atoms with Gasteiger partial charge in [-0.2, -0.15) is 0 Å². The molecular weight excluding hydrogens is 236 g/mol. The van der Waals surface area contributed by atoms with Gasteiger partial charge >= 0.3 is 0 Å². The maximum Gasteiger partial charge on any atom is 0.152 e.